The molecule has 3 rings (SSSR count). The SMILES string of the molecule is CC(=O)N[C@H]1[C@H](OC[C@@H](O)[C@H](O)[C@H](O[C@@H]2O[C@H](COS(=O)(=O)O)[C@H](O)[C@H](O)[C@H]2O)[C@H](CO)NC(C)=O)O[C@H](CO)[C@@H](O[C@@H]2O[C@H](CO)[C@H](O)[C@H](O)[C@H]2O)[C@@H]1O. The van der Waals surface area contributed by atoms with E-state index in [1.807, 2.05) is 0 Å². The molecule has 322 valence electrons. The number of aliphatic hydroxyl groups is 12. The van der Waals surface area contributed by atoms with Crippen LogP contribution in [0.25, 0.3) is 0 Å². The maximum atomic E-state index is 12.1. The zero-order valence-corrected chi connectivity index (χ0v) is 30.0. The Hall–Kier alpha value is -1.91. The van der Waals surface area contributed by atoms with Crippen molar-refractivity contribution in [2.45, 2.75) is 130 Å². The van der Waals surface area contributed by atoms with Gasteiger partial charge in [-0.1, -0.05) is 0 Å². The summed E-state index contributed by atoms with van der Waals surface area (Å²) in [7, 11) is -5.08. The lowest BCUT2D eigenvalue weighted by molar-refractivity contribution is -0.349. The molecular weight excluding hydrogens is 780 g/mol. The van der Waals surface area contributed by atoms with Gasteiger partial charge in [-0.2, -0.15) is 8.42 Å². The van der Waals surface area contributed by atoms with Gasteiger partial charge < -0.3 is 100 Å². The summed E-state index contributed by atoms with van der Waals surface area (Å²) in [5.74, 6) is -1.58. The van der Waals surface area contributed by atoms with Gasteiger partial charge in [-0.25, -0.2) is 4.18 Å². The monoisotopic (exact) mass is 830 g/mol. The summed E-state index contributed by atoms with van der Waals surface area (Å²) in [6, 6.07) is -3.22. The average molecular weight is 831 g/mol. The van der Waals surface area contributed by atoms with E-state index < -0.39 is 172 Å². The predicted octanol–water partition coefficient (Wildman–Crippen LogP) is -10.00. The van der Waals surface area contributed by atoms with Gasteiger partial charge in [0, 0.05) is 13.8 Å². The first kappa shape index (κ1) is 47.5. The molecule has 27 heteroatoms. The second kappa shape index (κ2) is 20.7. The first-order valence-electron chi connectivity index (χ1n) is 16.7. The van der Waals surface area contributed by atoms with Crippen molar-refractivity contribution in [3.05, 3.63) is 0 Å². The zero-order valence-electron chi connectivity index (χ0n) is 29.2. The molecule has 0 aromatic rings. The van der Waals surface area contributed by atoms with Crippen molar-refractivity contribution in [3.8, 4) is 0 Å². The third-order valence-corrected chi connectivity index (χ3v) is 9.28. The van der Waals surface area contributed by atoms with Crippen LogP contribution in [-0.2, 0) is 52.6 Å². The molecule has 3 fully saturated rings. The lowest BCUT2D eigenvalue weighted by atomic mass is 9.95. The zero-order chi connectivity index (χ0) is 41.5. The fraction of sp³-hybridized carbons (Fsp3) is 0.929. The molecule has 2 amide bonds. The maximum absolute atomic E-state index is 12.1. The fourth-order valence-electron chi connectivity index (χ4n) is 5.99. The molecule has 3 aliphatic rings. The van der Waals surface area contributed by atoms with Crippen LogP contribution in [0, 0.1) is 0 Å². The Morgan fingerprint density at radius 3 is 1.80 bits per heavy atom. The lowest BCUT2D eigenvalue weighted by Gasteiger charge is -2.47. The molecule has 0 aliphatic carbocycles. The summed E-state index contributed by atoms with van der Waals surface area (Å²) in [5, 5.41) is 129. The second-order valence-electron chi connectivity index (χ2n) is 12.9. The van der Waals surface area contributed by atoms with Crippen LogP contribution in [0.5, 0.6) is 0 Å². The van der Waals surface area contributed by atoms with Gasteiger partial charge in [-0.15, -0.1) is 0 Å². The van der Waals surface area contributed by atoms with E-state index in [0.717, 1.165) is 13.8 Å². The van der Waals surface area contributed by atoms with E-state index in [1.54, 1.807) is 0 Å². The molecule has 3 heterocycles. The van der Waals surface area contributed by atoms with Crippen molar-refractivity contribution in [1.29, 1.82) is 0 Å². The van der Waals surface area contributed by atoms with Crippen molar-refractivity contribution in [2.24, 2.45) is 0 Å². The van der Waals surface area contributed by atoms with Crippen molar-refractivity contribution >= 4 is 22.2 Å². The van der Waals surface area contributed by atoms with Crippen LogP contribution >= 0.6 is 0 Å². The average Bonchev–Trinajstić information content (AvgIpc) is 3.12. The molecular formula is C28H50N2O24S. The first-order valence-corrected chi connectivity index (χ1v) is 18.0. The first-order chi connectivity index (χ1) is 25.6. The van der Waals surface area contributed by atoms with Gasteiger partial charge in [0.25, 0.3) is 0 Å². The van der Waals surface area contributed by atoms with Crippen molar-refractivity contribution in [1.82, 2.24) is 10.6 Å². The summed E-state index contributed by atoms with van der Waals surface area (Å²) >= 11 is 0. The van der Waals surface area contributed by atoms with Crippen molar-refractivity contribution in [2.75, 3.05) is 33.0 Å². The third-order valence-electron chi connectivity index (χ3n) is 8.85. The van der Waals surface area contributed by atoms with Crippen molar-refractivity contribution in [3.63, 3.8) is 0 Å². The second-order valence-corrected chi connectivity index (χ2v) is 14.0. The molecule has 3 aliphatic heterocycles. The largest absolute Gasteiger partial charge is 0.397 e. The summed E-state index contributed by atoms with van der Waals surface area (Å²) in [5.41, 5.74) is 0. The molecule has 26 nitrogen and oxygen atoms in total. The number of carbonyl (C=O) groups is 2. The van der Waals surface area contributed by atoms with E-state index in [9.17, 15) is 79.3 Å². The summed E-state index contributed by atoms with van der Waals surface area (Å²) in [4.78, 5) is 24.0. The Kier molecular flexibility index (Phi) is 17.8. The van der Waals surface area contributed by atoms with Crippen molar-refractivity contribution < 1.29 is 116 Å². The minimum absolute atomic E-state index is 0.774. The minimum Gasteiger partial charge on any atom is -0.394 e. The van der Waals surface area contributed by atoms with Gasteiger partial charge in [-0.3, -0.25) is 14.1 Å². The smallest absolute Gasteiger partial charge is 0.394 e. The minimum atomic E-state index is -5.08. The lowest BCUT2D eigenvalue weighted by Crippen LogP contribution is -2.67. The Labute approximate surface area is 312 Å². The summed E-state index contributed by atoms with van der Waals surface area (Å²) in [6.45, 7) is -2.82. The van der Waals surface area contributed by atoms with Crippen LogP contribution in [0.1, 0.15) is 13.8 Å². The third kappa shape index (κ3) is 12.3. The molecule has 0 saturated carbocycles. The van der Waals surface area contributed by atoms with Crippen LogP contribution < -0.4 is 10.6 Å². The molecule has 0 radical (unpaired) electrons. The summed E-state index contributed by atoms with van der Waals surface area (Å²) < 4.78 is 68.1. The Balaban J connectivity index is 1.81. The Morgan fingerprint density at radius 2 is 1.27 bits per heavy atom. The molecule has 0 unspecified atom stereocenters. The van der Waals surface area contributed by atoms with E-state index in [2.05, 4.69) is 14.8 Å². The fourth-order valence-corrected chi connectivity index (χ4v) is 6.30. The molecule has 15 N–H and O–H groups in total. The molecule has 55 heavy (non-hydrogen) atoms. The molecule has 3 saturated heterocycles. The highest BCUT2D eigenvalue weighted by atomic mass is 32.3. The van der Waals surface area contributed by atoms with Gasteiger partial charge in [0.2, 0.25) is 11.8 Å². The van der Waals surface area contributed by atoms with Gasteiger partial charge in [-0.05, 0) is 0 Å². The predicted molar refractivity (Wildman–Crippen MR) is 170 cm³/mol. The molecule has 0 aromatic carbocycles. The van der Waals surface area contributed by atoms with Gasteiger partial charge in [0.1, 0.15) is 91.5 Å². The maximum Gasteiger partial charge on any atom is 0.397 e. The Bertz CT molecular complexity index is 1330. The van der Waals surface area contributed by atoms with Gasteiger partial charge in [0.15, 0.2) is 18.9 Å². The number of ether oxygens (including phenoxy) is 6. The van der Waals surface area contributed by atoms with E-state index in [-0.39, 0.29) is 0 Å². The molecule has 19 atom stereocenters. The molecule has 0 bridgehead atoms. The standard InChI is InChI=1S/C28H50N2O24S/c1-8(34)29-10(3-31)24(53-28-23(44)21(42)18(39)14(52-28)7-49-55(45,46)47)16(37)11(36)6-48-26-15(30-9(2)35)19(40)25(13(5-33)51-26)54-27-22(43)20(41)17(38)12(4-32)50-27/h10-28,31-33,36-44H,3-7H2,1-2H3,(H,29,34)(H,30,35)(H,45,46,47)/t10-,11+,12+,13+,14+,15+,16-,17-,18-,19+,20-,21-,22+,23+,24+,25+,26+,27-,28-/m0/s1. The number of rotatable bonds is 18. The number of amides is 2. The van der Waals surface area contributed by atoms with Crippen LogP contribution in [0.4, 0.5) is 0 Å². The van der Waals surface area contributed by atoms with Crippen LogP contribution in [0.15, 0.2) is 0 Å². The number of hydrogen-bond donors (Lipinski definition) is 15. The number of nitrogens with one attached hydrogen (secondary N) is 2. The highest BCUT2D eigenvalue weighted by Gasteiger charge is 2.52. The number of carbonyl (C=O) groups excluding carboxylic acids is 2. The number of aliphatic hydroxyl groups excluding tert-OH is 12. The van der Waals surface area contributed by atoms with Crippen LogP contribution in [0.3, 0.4) is 0 Å². The van der Waals surface area contributed by atoms with E-state index in [1.165, 1.54) is 0 Å². The van der Waals surface area contributed by atoms with E-state index in [4.69, 9.17) is 33.0 Å². The quantitative estimate of drug-likeness (QED) is 0.0570. The van der Waals surface area contributed by atoms with E-state index >= 15 is 0 Å². The normalized spacial score (nSPS) is 39.4. The topological polar surface area (TPSA) is 420 Å². The summed E-state index contributed by atoms with van der Waals surface area (Å²) in [6.07, 6.45) is -32.2. The van der Waals surface area contributed by atoms with Gasteiger partial charge in [0.05, 0.1) is 39.1 Å². The van der Waals surface area contributed by atoms with Crippen LogP contribution in [0.2, 0.25) is 0 Å². The number of hydrogen-bond acceptors (Lipinski definition) is 23. The molecule has 0 spiro atoms. The highest BCUT2D eigenvalue weighted by molar-refractivity contribution is 7.80. The Morgan fingerprint density at radius 1 is 0.727 bits per heavy atom. The molecule has 0 aromatic heterocycles. The van der Waals surface area contributed by atoms with Gasteiger partial charge >= 0.3 is 10.4 Å². The highest BCUT2D eigenvalue weighted by Crippen LogP contribution is 2.31. The van der Waals surface area contributed by atoms with E-state index in [0.29, 0.717) is 0 Å². The van der Waals surface area contributed by atoms with Crippen LogP contribution in [-0.4, -0.2) is 236 Å².